The normalized spacial score (nSPS) is 12.1. The van der Waals surface area contributed by atoms with Crippen LogP contribution in [0.25, 0.3) is 0 Å². The summed E-state index contributed by atoms with van der Waals surface area (Å²) in [5.41, 5.74) is 0.947. The van der Waals surface area contributed by atoms with E-state index in [0.29, 0.717) is 0 Å². The zero-order chi connectivity index (χ0) is 9.03. The van der Waals surface area contributed by atoms with Crippen molar-refractivity contribution < 1.29 is 8.42 Å². The highest BCUT2D eigenvalue weighted by molar-refractivity contribution is 8.04. The van der Waals surface area contributed by atoms with Crippen LogP contribution in [0.15, 0.2) is 40.2 Å². The molecule has 0 saturated carbocycles. The maximum Gasteiger partial charge on any atom is 0.216 e. The van der Waals surface area contributed by atoms with Crippen molar-refractivity contribution in [2.75, 3.05) is 7.05 Å². The molecule has 0 atom stereocenters. The molecular weight excluding hydrogens is 174 g/mol. The van der Waals surface area contributed by atoms with E-state index in [1.807, 2.05) is 0 Å². The molecule has 0 heterocycles. The maximum absolute atomic E-state index is 11.3. The van der Waals surface area contributed by atoms with Gasteiger partial charge in [-0.1, -0.05) is 18.2 Å². The van der Waals surface area contributed by atoms with Crippen molar-refractivity contribution >= 4 is 15.4 Å². The molecule has 0 aliphatic carbocycles. The standard InChI is InChI=1S/C8H9NO2S/c1-9-7-12(10,11)8-5-3-2-4-6-8/h2-7H,1H3/b9-7+. The Morgan fingerprint density at radius 3 is 2.33 bits per heavy atom. The molecule has 4 heteroatoms. The smallest absolute Gasteiger partial charge is 0.216 e. The van der Waals surface area contributed by atoms with Crippen molar-refractivity contribution in [3.8, 4) is 0 Å². The predicted octanol–water partition coefficient (Wildman–Crippen LogP) is 1.12. The van der Waals surface area contributed by atoms with Gasteiger partial charge >= 0.3 is 0 Å². The number of nitrogens with zero attached hydrogens (tertiary/aromatic N) is 1. The average Bonchev–Trinajstić information content (AvgIpc) is 2.06. The Balaban J connectivity index is 3.16. The molecule has 0 N–H and O–H groups in total. The largest absolute Gasteiger partial charge is 0.284 e. The number of rotatable bonds is 2. The first-order valence-corrected chi connectivity index (χ1v) is 4.94. The number of benzene rings is 1. The SMILES string of the molecule is C/N=C/S(=O)(=O)c1ccccc1. The van der Waals surface area contributed by atoms with E-state index in [-0.39, 0.29) is 4.90 Å². The van der Waals surface area contributed by atoms with Crippen LogP contribution in [-0.2, 0) is 9.84 Å². The van der Waals surface area contributed by atoms with Gasteiger partial charge in [-0.25, -0.2) is 8.42 Å². The van der Waals surface area contributed by atoms with Crippen LogP contribution in [0.4, 0.5) is 0 Å². The average molecular weight is 183 g/mol. The van der Waals surface area contributed by atoms with Crippen molar-refractivity contribution in [3.63, 3.8) is 0 Å². The summed E-state index contributed by atoms with van der Waals surface area (Å²) in [5, 5.41) is 0. The highest BCUT2D eigenvalue weighted by atomic mass is 32.2. The first kappa shape index (κ1) is 8.93. The lowest BCUT2D eigenvalue weighted by Crippen LogP contribution is -2.00. The van der Waals surface area contributed by atoms with Crippen molar-refractivity contribution in [2.24, 2.45) is 4.99 Å². The molecule has 0 fully saturated rings. The molecule has 64 valence electrons. The van der Waals surface area contributed by atoms with Crippen LogP contribution in [0, 0.1) is 0 Å². The molecule has 0 aliphatic rings. The molecule has 0 bridgehead atoms. The van der Waals surface area contributed by atoms with Gasteiger partial charge in [0.25, 0.3) is 0 Å². The fraction of sp³-hybridized carbons (Fsp3) is 0.125. The lowest BCUT2D eigenvalue weighted by atomic mass is 10.4. The minimum Gasteiger partial charge on any atom is -0.284 e. The summed E-state index contributed by atoms with van der Waals surface area (Å²) >= 11 is 0. The second kappa shape index (κ2) is 3.49. The van der Waals surface area contributed by atoms with Crippen molar-refractivity contribution in [1.82, 2.24) is 0 Å². The van der Waals surface area contributed by atoms with Gasteiger partial charge in [0.2, 0.25) is 9.84 Å². The number of hydrogen-bond donors (Lipinski definition) is 0. The minimum atomic E-state index is -3.30. The molecule has 3 nitrogen and oxygen atoms in total. The monoisotopic (exact) mass is 183 g/mol. The lowest BCUT2D eigenvalue weighted by Gasteiger charge is -1.95. The molecule has 12 heavy (non-hydrogen) atoms. The fourth-order valence-corrected chi connectivity index (χ4v) is 1.75. The Labute approximate surface area is 71.7 Å². The maximum atomic E-state index is 11.3. The van der Waals surface area contributed by atoms with Gasteiger partial charge in [-0.05, 0) is 12.1 Å². The summed E-state index contributed by atoms with van der Waals surface area (Å²) in [6.45, 7) is 0. The molecule has 1 rings (SSSR count). The highest BCUT2D eigenvalue weighted by Gasteiger charge is 2.08. The van der Waals surface area contributed by atoms with Crippen LogP contribution in [0.5, 0.6) is 0 Å². The highest BCUT2D eigenvalue weighted by Crippen LogP contribution is 2.06. The summed E-state index contributed by atoms with van der Waals surface area (Å²) in [5.74, 6) is 0. The van der Waals surface area contributed by atoms with Gasteiger partial charge in [-0.3, -0.25) is 4.99 Å². The van der Waals surface area contributed by atoms with E-state index in [4.69, 9.17) is 0 Å². The van der Waals surface area contributed by atoms with E-state index in [1.165, 1.54) is 19.2 Å². The van der Waals surface area contributed by atoms with E-state index >= 15 is 0 Å². The summed E-state index contributed by atoms with van der Waals surface area (Å²) in [6, 6.07) is 8.20. The molecule has 0 aliphatic heterocycles. The summed E-state index contributed by atoms with van der Waals surface area (Å²) < 4.78 is 22.6. The number of aliphatic imine (C=N–C) groups is 1. The van der Waals surface area contributed by atoms with Gasteiger partial charge in [0, 0.05) is 7.05 Å². The summed E-state index contributed by atoms with van der Waals surface area (Å²) in [7, 11) is -1.87. The van der Waals surface area contributed by atoms with E-state index < -0.39 is 9.84 Å². The molecule has 0 saturated heterocycles. The van der Waals surface area contributed by atoms with Gasteiger partial charge in [-0.15, -0.1) is 0 Å². The van der Waals surface area contributed by atoms with Gasteiger partial charge in [-0.2, -0.15) is 0 Å². The van der Waals surface area contributed by atoms with E-state index in [9.17, 15) is 8.42 Å². The Hall–Kier alpha value is -1.16. The van der Waals surface area contributed by atoms with Gasteiger partial charge < -0.3 is 0 Å². The minimum absolute atomic E-state index is 0.274. The third-order valence-electron chi connectivity index (χ3n) is 1.32. The van der Waals surface area contributed by atoms with Crippen LogP contribution in [-0.4, -0.2) is 21.0 Å². The van der Waals surface area contributed by atoms with E-state index in [0.717, 1.165) is 5.55 Å². The Kier molecular flexibility index (Phi) is 2.60. The zero-order valence-corrected chi connectivity index (χ0v) is 7.45. The van der Waals surface area contributed by atoms with Crippen LogP contribution in [0.3, 0.4) is 0 Å². The first-order valence-electron chi connectivity index (χ1n) is 3.39. The van der Waals surface area contributed by atoms with Crippen molar-refractivity contribution in [3.05, 3.63) is 30.3 Å². The number of hydrogen-bond acceptors (Lipinski definition) is 3. The molecule has 1 aromatic carbocycles. The molecule has 0 aromatic heterocycles. The molecule has 0 unspecified atom stereocenters. The Bertz CT molecular complexity index is 367. The second-order valence-electron chi connectivity index (χ2n) is 2.22. The fourth-order valence-electron chi connectivity index (χ4n) is 0.810. The van der Waals surface area contributed by atoms with Crippen LogP contribution in [0.2, 0.25) is 0 Å². The van der Waals surface area contributed by atoms with Crippen LogP contribution < -0.4 is 0 Å². The molecule has 0 spiro atoms. The first-order chi connectivity index (χ1) is 5.67. The summed E-state index contributed by atoms with van der Waals surface area (Å²) in [6.07, 6.45) is 0. The van der Waals surface area contributed by atoms with Gasteiger partial charge in [0.15, 0.2) is 0 Å². The zero-order valence-electron chi connectivity index (χ0n) is 6.64. The van der Waals surface area contributed by atoms with E-state index in [1.54, 1.807) is 18.2 Å². The molecule has 0 amide bonds. The van der Waals surface area contributed by atoms with Crippen LogP contribution in [0.1, 0.15) is 0 Å². The topological polar surface area (TPSA) is 46.5 Å². The molecule has 0 radical (unpaired) electrons. The quantitative estimate of drug-likeness (QED) is 0.509. The Morgan fingerprint density at radius 1 is 1.25 bits per heavy atom. The Morgan fingerprint density at radius 2 is 1.83 bits per heavy atom. The second-order valence-corrected chi connectivity index (χ2v) is 3.99. The third kappa shape index (κ3) is 1.92. The van der Waals surface area contributed by atoms with Gasteiger partial charge in [0.1, 0.15) is 5.55 Å². The molecule has 1 aromatic rings. The van der Waals surface area contributed by atoms with Crippen molar-refractivity contribution in [2.45, 2.75) is 4.90 Å². The van der Waals surface area contributed by atoms with Crippen molar-refractivity contribution in [1.29, 1.82) is 0 Å². The predicted molar refractivity (Wildman–Crippen MR) is 48.0 cm³/mol. The number of sulfone groups is 1. The van der Waals surface area contributed by atoms with Crippen LogP contribution >= 0.6 is 0 Å². The lowest BCUT2D eigenvalue weighted by molar-refractivity contribution is 0.608. The summed E-state index contributed by atoms with van der Waals surface area (Å²) in [4.78, 5) is 3.74. The third-order valence-corrected chi connectivity index (χ3v) is 2.73. The molecular formula is C8H9NO2S. The van der Waals surface area contributed by atoms with Gasteiger partial charge in [0.05, 0.1) is 4.90 Å². The van der Waals surface area contributed by atoms with E-state index in [2.05, 4.69) is 4.99 Å².